The predicted octanol–water partition coefficient (Wildman–Crippen LogP) is 2.28. The molecule has 1 nitrogen and oxygen atoms in total. The summed E-state index contributed by atoms with van der Waals surface area (Å²) in [4.78, 5) is 0. The molecule has 2 atom stereocenters. The van der Waals surface area contributed by atoms with E-state index in [2.05, 4.69) is 39.9 Å². The van der Waals surface area contributed by atoms with Crippen molar-refractivity contribution in [3.8, 4) is 0 Å². The Bertz CT molecular complexity index is 132. The van der Waals surface area contributed by atoms with E-state index in [4.69, 9.17) is 0 Å². The third-order valence-corrected chi connectivity index (χ3v) is 3.61. The van der Waals surface area contributed by atoms with Gasteiger partial charge in [-0.15, -0.1) is 0 Å². The number of hydrogen-bond acceptors (Lipinski definition) is 1. The first kappa shape index (κ1) is 9.05. The Morgan fingerprint density at radius 3 is 2.00 bits per heavy atom. The molecule has 11 heavy (non-hydrogen) atoms. The van der Waals surface area contributed by atoms with Crippen LogP contribution in [0.25, 0.3) is 0 Å². The van der Waals surface area contributed by atoms with E-state index in [0.717, 1.165) is 11.8 Å². The lowest BCUT2D eigenvalue weighted by atomic mass is 10.1. The van der Waals surface area contributed by atoms with E-state index in [1.165, 1.54) is 6.54 Å². The molecule has 1 saturated carbocycles. The van der Waals surface area contributed by atoms with Gasteiger partial charge in [-0.25, -0.2) is 0 Å². The summed E-state index contributed by atoms with van der Waals surface area (Å²) in [6.45, 7) is 12.7. The van der Waals surface area contributed by atoms with Gasteiger partial charge in [0, 0.05) is 12.6 Å². The molecule has 0 saturated heterocycles. The quantitative estimate of drug-likeness (QED) is 0.659. The van der Waals surface area contributed by atoms with Crippen LogP contribution in [0, 0.1) is 17.3 Å². The van der Waals surface area contributed by atoms with Crippen molar-refractivity contribution in [3.05, 3.63) is 0 Å². The van der Waals surface area contributed by atoms with E-state index in [1.54, 1.807) is 0 Å². The second kappa shape index (κ2) is 2.78. The molecule has 1 N–H and O–H groups in total. The van der Waals surface area contributed by atoms with Crippen molar-refractivity contribution in [3.63, 3.8) is 0 Å². The van der Waals surface area contributed by atoms with E-state index < -0.39 is 0 Å². The number of rotatable bonds is 3. The van der Waals surface area contributed by atoms with Crippen LogP contribution < -0.4 is 5.32 Å². The lowest BCUT2D eigenvalue weighted by Crippen LogP contribution is -2.29. The van der Waals surface area contributed by atoms with E-state index in [0.29, 0.717) is 11.5 Å². The van der Waals surface area contributed by atoms with Gasteiger partial charge in [0.15, 0.2) is 0 Å². The smallest absolute Gasteiger partial charge is 0.00128 e. The fourth-order valence-corrected chi connectivity index (χ4v) is 1.82. The largest absolute Gasteiger partial charge is 0.314 e. The number of hydrogen-bond donors (Lipinski definition) is 1. The van der Waals surface area contributed by atoms with Crippen LogP contribution in [0.4, 0.5) is 0 Å². The second-order valence-electron chi connectivity index (χ2n) is 4.62. The Morgan fingerprint density at radius 2 is 1.73 bits per heavy atom. The van der Waals surface area contributed by atoms with Crippen molar-refractivity contribution in [1.29, 1.82) is 0 Å². The normalized spacial score (nSPS) is 43.1. The molecule has 0 aromatic heterocycles. The first-order valence-electron chi connectivity index (χ1n) is 4.72. The van der Waals surface area contributed by atoms with Gasteiger partial charge >= 0.3 is 0 Å². The molecule has 0 aromatic carbocycles. The SMILES string of the molecule is CC(C)NCC1(C)C(C)C1C. The minimum Gasteiger partial charge on any atom is -0.314 e. The Balaban J connectivity index is 2.28. The van der Waals surface area contributed by atoms with E-state index >= 15 is 0 Å². The Kier molecular flexibility index (Phi) is 2.29. The molecule has 1 aliphatic carbocycles. The topological polar surface area (TPSA) is 12.0 Å². The fourth-order valence-electron chi connectivity index (χ4n) is 1.82. The van der Waals surface area contributed by atoms with Gasteiger partial charge in [-0.3, -0.25) is 0 Å². The molecule has 0 bridgehead atoms. The molecule has 0 aliphatic heterocycles. The zero-order valence-electron chi connectivity index (χ0n) is 8.44. The van der Waals surface area contributed by atoms with Crippen LogP contribution in [0.5, 0.6) is 0 Å². The Labute approximate surface area is 70.6 Å². The van der Waals surface area contributed by atoms with Gasteiger partial charge < -0.3 is 5.32 Å². The van der Waals surface area contributed by atoms with Crippen LogP contribution in [-0.2, 0) is 0 Å². The van der Waals surface area contributed by atoms with Crippen LogP contribution in [0.15, 0.2) is 0 Å². The van der Waals surface area contributed by atoms with Gasteiger partial charge in [0.1, 0.15) is 0 Å². The number of nitrogens with one attached hydrogen (secondary N) is 1. The van der Waals surface area contributed by atoms with Crippen molar-refractivity contribution >= 4 is 0 Å². The maximum absolute atomic E-state index is 3.51. The van der Waals surface area contributed by atoms with Gasteiger partial charge in [0.05, 0.1) is 0 Å². The molecular weight excluding hydrogens is 134 g/mol. The van der Waals surface area contributed by atoms with Crippen LogP contribution in [0.2, 0.25) is 0 Å². The molecule has 0 radical (unpaired) electrons. The molecule has 66 valence electrons. The highest BCUT2D eigenvalue weighted by molar-refractivity contribution is 5.04. The molecule has 1 fully saturated rings. The standard InChI is InChI=1S/C10H21N/c1-7(2)11-6-10(5)8(3)9(10)4/h7-9,11H,6H2,1-5H3. The summed E-state index contributed by atoms with van der Waals surface area (Å²) in [6.07, 6.45) is 0. The van der Waals surface area contributed by atoms with E-state index in [1.807, 2.05) is 0 Å². The summed E-state index contributed by atoms with van der Waals surface area (Å²) in [5, 5.41) is 3.51. The first-order valence-corrected chi connectivity index (χ1v) is 4.72. The summed E-state index contributed by atoms with van der Waals surface area (Å²) in [7, 11) is 0. The highest BCUT2D eigenvalue weighted by Gasteiger charge is 2.54. The Hall–Kier alpha value is -0.0400. The summed E-state index contributed by atoms with van der Waals surface area (Å²) >= 11 is 0. The molecule has 0 spiro atoms. The molecule has 1 aliphatic rings. The third kappa shape index (κ3) is 1.58. The molecular formula is C10H21N. The molecule has 0 heterocycles. The van der Waals surface area contributed by atoms with E-state index in [-0.39, 0.29) is 0 Å². The zero-order valence-corrected chi connectivity index (χ0v) is 8.44. The fraction of sp³-hybridized carbons (Fsp3) is 1.00. The second-order valence-corrected chi connectivity index (χ2v) is 4.62. The van der Waals surface area contributed by atoms with Gasteiger partial charge in [-0.2, -0.15) is 0 Å². The van der Waals surface area contributed by atoms with Crippen LogP contribution in [0.1, 0.15) is 34.6 Å². The van der Waals surface area contributed by atoms with Crippen LogP contribution in [0.3, 0.4) is 0 Å². The average Bonchev–Trinajstić information content (AvgIpc) is 2.38. The van der Waals surface area contributed by atoms with Gasteiger partial charge in [-0.05, 0) is 17.3 Å². The third-order valence-electron chi connectivity index (χ3n) is 3.61. The van der Waals surface area contributed by atoms with Crippen molar-refractivity contribution in [2.45, 2.75) is 40.7 Å². The Morgan fingerprint density at radius 1 is 1.27 bits per heavy atom. The molecule has 2 unspecified atom stereocenters. The summed E-state index contributed by atoms with van der Waals surface area (Å²) in [5.74, 6) is 1.82. The molecule has 1 rings (SSSR count). The van der Waals surface area contributed by atoms with E-state index in [9.17, 15) is 0 Å². The van der Waals surface area contributed by atoms with Crippen molar-refractivity contribution < 1.29 is 0 Å². The lowest BCUT2D eigenvalue weighted by Gasteiger charge is -2.14. The maximum atomic E-state index is 3.51. The predicted molar refractivity (Wildman–Crippen MR) is 49.6 cm³/mol. The van der Waals surface area contributed by atoms with Crippen molar-refractivity contribution in [2.75, 3.05) is 6.54 Å². The van der Waals surface area contributed by atoms with Gasteiger partial charge in [0.2, 0.25) is 0 Å². The summed E-state index contributed by atoms with van der Waals surface area (Å²) in [5.41, 5.74) is 0.588. The van der Waals surface area contributed by atoms with Crippen molar-refractivity contribution in [1.82, 2.24) is 5.32 Å². The summed E-state index contributed by atoms with van der Waals surface area (Å²) in [6, 6.07) is 0.631. The van der Waals surface area contributed by atoms with Crippen molar-refractivity contribution in [2.24, 2.45) is 17.3 Å². The highest BCUT2D eigenvalue weighted by atomic mass is 14.9. The highest BCUT2D eigenvalue weighted by Crippen LogP contribution is 2.57. The van der Waals surface area contributed by atoms with Crippen LogP contribution in [-0.4, -0.2) is 12.6 Å². The van der Waals surface area contributed by atoms with Gasteiger partial charge in [-0.1, -0.05) is 34.6 Å². The molecule has 0 aromatic rings. The van der Waals surface area contributed by atoms with Crippen LogP contribution >= 0.6 is 0 Å². The lowest BCUT2D eigenvalue weighted by molar-refractivity contribution is 0.421. The zero-order chi connectivity index (χ0) is 8.65. The molecule has 1 heteroatoms. The minimum absolute atomic E-state index is 0.588. The molecule has 0 amide bonds. The maximum Gasteiger partial charge on any atom is 0.00128 e. The average molecular weight is 155 g/mol. The first-order chi connectivity index (χ1) is 4.98. The minimum atomic E-state index is 0.588. The monoisotopic (exact) mass is 155 g/mol. The van der Waals surface area contributed by atoms with Gasteiger partial charge in [0.25, 0.3) is 0 Å². The summed E-state index contributed by atoms with van der Waals surface area (Å²) < 4.78 is 0.